The highest BCUT2D eigenvalue weighted by molar-refractivity contribution is 5.96. The summed E-state index contributed by atoms with van der Waals surface area (Å²) >= 11 is 0. The Morgan fingerprint density at radius 1 is 1.17 bits per heavy atom. The Balaban J connectivity index is 1.57. The summed E-state index contributed by atoms with van der Waals surface area (Å²) in [6.45, 7) is 4.88. The maximum absolute atomic E-state index is 13.3. The third-order valence-corrected chi connectivity index (χ3v) is 5.70. The van der Waals surface area contributed by atoms with Crippen molar-refractivity contribution in [1.82, 2.24) is 24.3 Å². The standard InChI is InChI=1S/C22H22FN5O/c1-14(15-12-29-13-15)10-28-8-6-18-17(5-7-24-22(18)28)19-11-27(2)26-21(19)20-4-3-16(23)9-25-20/h3-9,11,14-15H,10,12-13H2,1-2H3. The number of halogens is 1. The lowest BCUT2D eigenvalue weighted by molar-refractivity contribution is -0.0598. The predicted molar refractivity (Wildman–Crippen MR) is 109 cm³/mol. The highest BCUT2D eigenvalue weighted by Gasteiger charge is 2.26. The molecule has 4 aromatic rings. The molecule has 0 N–H and O–H groups in total. The molecule has 1 fully saturated rings. The Bertz CT molecular complexity index is 1160. The zero-order valence-electron chi connectivity index (χ0n) is 16.4. The van der Waals surface area contributed by atoms with Gasteiger partial charge in [0.05, 0.1) is 25.1 Å². The van der Waals surface area contributed by atoms with Crippen LogP contribution in [0.25, 0.3) is 33.5 Å². The second kappa shape index (κ2) is 7.08. The van der Waals surface area contributed by atoms with E-state index in [1.165, 1.54) is 12.3 Å². The molecule has 5 rings (SSSR count). The molecule has 0 bridgehead atoms. The van der Waals surface area contributed by atoms with Crippen molar-refractivity contribution in [1.29, 1.82) is 0 Å². The van der Waals surface area contributed by atoms with Crippen LogP contribution in [0, 0.1) is 17.7 Å². The van der Waals surface area contributed by atoms with Crippen LogP contribution >= 0.6 is 0 Å². The molecular formula is C22H22FN5O. The van der Waals surface area contributed by atoms with Crippen LogP contribution in [0.15, 0.2) is 49.1 Å². The average Bonchev–Trinajstić information content (AvgIpc) is 3.24. The van der Waals surface area contributed by atoms with Gasteiger partial charge in [-0.25, -0.2) is 9.37 Å². The summed E-state index contributed by atoms with van der Waals surface area (Å²) in [7, 11) is 1.88. The first-order valence-corrected chi connectivity index (χ1v) is 9.77. The van der Waals surface area contributed by atoms with E-state index in [4.69, 9.17) is 4.74 Å². The molecular weight excluding hydrogens is 369 g/mol. The quantitative estimate of drug-likeness (QED) is 0.517. The predicted octanol–water partition coefficient (Wildman–Crippen LogP) is 3.92. The van der Waals surface area contributed by atoms with Crippen LogP contribution in [-0.2, 0) is 18.3 Å². The molecule has 5 heterocycles. The molecule has 4 aromatic heterocycles. The molecule has 0 aromatic carbocycles. The number of rotatable bonds is 5. The van der Waals surface area contributed by atoms with Crippen LogP contribution in [0.4, 0.5) is 4.39 Å². The van der Waals surface area contributed by atoms with Gasteiger partial charge in [0.1, 0.15) is 17.2 Å². The summed E-state index contributed by atoms with van der Waals surface area (Å²) in [4.78, 5) is 8.87. The fourth-order valence-electron chi connectivity index (χ4n) is 3.91. The highest BCUT2D eigenvalue weighted by atomic mass is 19.1. The molecule has 0 spiro atoms. The summed E-state index contributed by atoms with van der Waals surface area (Å²) in [5.41, 5.74) is 4.33. The van der Waals surface area contributed by atoms with Crippen LogP contribution in [0.5, 0.6) is 0 Å². The van der Waals surface area contributed by atoms with Gasteiger partial charge in [-0.15, -0.1) is 0 Å². The number of aryl methyl sites for hydroxylation is 1. The summed E-state index contributed by atoms with van der Waals surface area (Å²) in [5, 5.41) is 5.65. The molecule has 1 unspecified atom stereocenters. The minimum atomic E-state index is -0.361. The number of fused-ring (bicyclic) bond motifs is 1. The Morgan fingerprint density at radius 3 is 2.76 bits per heavy atom. The Kier molecular flexibility index (Phi) is 4.39. The minimum absolute atomic E-state index is 0.361. The van der Waals surface area contributed by atoms with Gasteiger partial charge in [0.25, 0.3) is 0 Å². The van der Waals surface area contributed by atoms with Gasteiger partial charge >= 0.3 is 0 Å². The lowest BCUT2D eigenvalue weighted by Gasteiger charge is -2.31. The third kappa shape index (κ3) is 3.21. The first kappa shape index (κ1) is 18.0. The van der Waals surface area contributed by atoms with Crippen molar-refractivity contribution < 1.29 is 9.13 Å². The zero-order valence-corrected chi connectivity index (χ0v) is 16.4. The van der Waals surface area contributed by atoms with Crippen LogP contribution in [0.1, 0.15) is 6.92 Å². The molecule has 29 heavy (non-hydrogen) atoms. The van der Waals surface area contributed by atoms with E-state index in [-0.39, 0.29) is 5.82 Å². The van der Waals surface area contributed by atoms with Crippen molar-refractivity contribution in [2.75, 3.05) is 13.2 Å². The second-order valence-electron chi connectivity index (χ2n) is 7.77. The van der Waals surface area contributed by atoms with E-state index in [1.54, 1.807) is 10.7 Å². The van der Waals surface area contributed by atoms with Crippen molar-refractivity contribution in [2.24, 2.45) is 18.9 Å². The summed E-state index contributed by atoms with van der Waals surface area (Å²) in [6, 6.07) is 7.18. The summed E-state index contributed by atoms with van der Waals surface area (Å²) in [5.74, 6) is 0.785. The Labute approximate surface area is 168 Å². The maximum Gasteiger partial charge on any atom is 0.141 e. The van der Waals surface area contributed by atoms with Crippen molar-refractivity contribution in [2.45, 2.75) is 13.5 Å². The molecule has 0 saturated carbocycles. The number of nitrogens with zero attached hydrogens (tertiary/aromatic N) is 5. The zero-order chi connectivity index (χ0) is 20.0. The van der Waals surface area contributed by atoms with Gasteiger partial charge in [0.15, 0.2) is 0 Å². The third-order valence-electron chi connectivity index (χ3n) is 5.70. The van der Waals surface area contributed by atoms with E-state index in [0.717, 1.165) is 47.6 Å². The van der Waals surface area contributed by atoms with Gasteiger partial charge in [-0.3, -0.25) is 9.67 Å². The van der Waals surface area contributed by atoms with Crippen LogP contribution in [0.3, 0.4) is 0 Å². The van der Waals surface area contributed by atoms with Crippen LogP contribution in [0.2, 0.25) is 0 Å². The van der Waals surface area contributed by atoms with Crippen molar-refractivity contribution in [3.05, 3.63) is 54.9 Å². The number of aromatic nitrogens is 5. The van der Waals surface area contributed by atoms with Crippen molar-refractivity contribution >= 4 is 11.0 Å². The number of hydrogen-bond acceptors (Lipinski definition) is 4. The maximum atomic E-state index is 13.3. The van der Waals surface area contributed by atoms with E-state index in [2.05, 4.69) is 38.8 Å². The fourth-order valence-corrected chi connectivity index (χ4v) is 3.91. The molecule has 6 nitrogen and oxygen atoms in total. The summed E-state index contributed by atoms with van der Waals surface area (Å²) < 4.78 is 22.6. The van der Waals surface area contributed by atoms with E-state index < -0.39 is 0 Å². The minimum Gasteiger partial charge on any atom is -0.381 e. The van der Waals surface area contributed by atoms with Gasteiger partial charge < -0.3 is 9.30 Å². The van der Waals surface area contributed by atoms with Crippen molar-refractivity contribution in [3.8, 4) is 22.5 Å². The fraction of sp³-hybridized carbons (Fsp3) is 0.318. The topological polar surface area (TPSA) is 57.8 Å². The van der Waals surface area contributed by atoms with Gasteiger partial charge in [-0.1, -0.05) is 6.92 Å². The van der Waals surface area contributed by atoms with E-state index >= 15 is 0 Å². The Hall–Kier alpha value is -3.06. The van der Waals surface area contributed by atoms with Gasteiger partial charge in [-0.2, -0.15) is 5.10 Å². The first-order chi connectivity index (χ1) is 14.1. The van der Waals surface area contributed by atoms with Crippen LogP contribution < -0.4 is 0 Å². The SMILES string of the molecule is CC(Cn1ccc2c(-c3cn(C)nc3-c3ccc(F)cn3)ccnc21)C1COC1. The monoisotopic (exact) mass is 391 g/mol. The molecule has 148 valence electrons. The molecule has 7 heteroatoms. The molecule has 0 aliphatic carbocycles. The second-order valence-corrected chi connectivity index (χ2v) is 7.77. The normalized spacial score (nSPS) is 15.6. The molecule has 1 aliphatic heterocycles. The van der Waals surface area contributed by atoms with E-state index in [9.17, 15) is 4.39 Å². The number of hydrogen-bond donors (Lipinski definition) is 0. The van der Waals surface area contributed by atoms with Crippen LogP contribution in [-0.4, -0.2) is 37.5 Å². The molecule has 0 radical (unpaired) electrons. The van der Waals surface area contributed by atoms with Gasteiger partial charge in [0, 0.05) is 49.1 Å². The molecule has 1 saturated heterocycles. The first-order valence-electron chi connectivity index (χ1n) is 9.77. The lowest BCUT2D eigenvalue weighted by atomic mass is 9.92. The highest BCUT2D eigenvalue weighted by Crippen LogP contribution is 2.35. The molecule has 1 atom stereocenters. The Morgan fingerprint density at radius 2 is 2.03 bits per heavy atom. The van der Waals surface area contributed by atoms with Crippen molar-refractivity contribution in [3.63, 3.8) is 0 Å². The smallest absolute Gasteiger partial charge is 0.141 e. The average molecular weight is 391 g/mol. The van der Waals surface area contributed by atoms with Gasteiger partial charge in [-0.05, 0) is 35.7 Å². The van der Waals surface area contributed by atoms with E-state index in [0.29, 0.717) is 17.5 Å². The van der Waals surface area contributed by atoms with E-state index in [1.807, 2.05) is 25.5 Å². The molecule has 0 amide bonds. The number of ether oxygens (including phenoxy) is 1. The van der Waals surface area contributed by atoms with Gasteiger partial charge in [0.2, 0.25) is 0 Å². The largest absolute Gasteiger partial charge is 0.381 e. The lowest BCUT2D eigenvalue weighted by Crippen LogP contribution is -2.34. The summed E-state index contributed by atoms with van der Waals surface area (Å²) in [6.07, 6.45) is 7.13. The molecule has 1 aliphatic rings. The number of pyridine rings is 2.